The van der Waals surface area contributed by atoms with E-state index in [1.165, 1.54) is 0 Å². The van der Waals surface area contributed by atoms with E-state index in [-0.39, 0.29) is 36.7 Å². The highest BCUT2D eigenvalue weighted by Crippen LogP contribution is 2.33. The lowest BCUT2D eigenvalue weighted by Crippen LogP contribution is -2.56. The average molecular weight is 425 g/mol. The minimum Gasteiger partial charge on any atom is -0.469 e. The summed E-state index contributed by atoms with van der Waals surface area (Å²) in [5.41, 5.74) is -0.439. The Labute approximate surface area is 180 Å². The van der Waals surface area contributed by atoms with Crippen LogP contribution in [-0.4, -0.2) is 47.5 Å². The van der Waals surface area contributed by atoms with Crippen LogP contribution in [0.4, 0.5) is 0 Å². The minimum atomic E-state index is -0.928. The number of benzene rings is 1. The Balaban J connectivity index is 1.32. The molecule has 3 heterocycles. The van der Waals surface area contributed by atoms with Gasteiger partial charge in [-0.3, -0.25) is 14.4 Å². The second-order valence-electron chi connectivity index (χ2n) is 8.20. The van der Waals surface area contributed by atoms with Gasteiger partial charge < -0.3 is 24.7 Å². The maximum atomic E-state index is 12.6. The van der Waals surface area contributed by atoms with Gasteiger partial charge in [-0.2, -0.15) is 0 Å². The lowest BCUT2D eigenvalue weighted by molar-refractivity contribution is -0.135. The normalized spacial score (nSPS) is 21.6. The summed E-state index contributed by atoms with van der Waals surface area (Å²) in [6.07, 6.45) is 4.09. The van der Waals surface area contributed by atoms with E-state index in [9.17, 15) is 14.4 Å². The fraction of sp³-hybridized carbons (Fsp3) is 0.435. The number of ether oxygens (including phenoxy) is 1. The summed E-state index contributed by atoms with van der Waals surface area (Å²) >= 11 is 0. The number of amides is 3. The molecule has 2 aliphatic heterocycles. The predicted molar refractivity (Wildman–Crippen MR) is 112 cm³/mol. The maximum Gasteiger partial charge on any atom is 0.258 e. The van der Waals surface area contributed by atoms with Crippen LogP contribution in [0.5, 0.6) is 5.75 Å². The van der Waals surface area contributed by atoms with Gasteiger partial charge in [0.15, 0.2) is 5.72 Å². The van der Waals surface area contributed by atoms with Crippen LogP contribution in [0.25, 0.3) is 0 Å². The predicted octanol–water partition coefficient (Wildman–Crippen LogP) is 2.25. The number of nitrogens with zero attached hydrogens (tertiary/aromatic N) is 1. The molecule has 1 fully saturated rings. The molecule has 2 N–H and O–H groups in total. The van der Waals surface area contributed by atoms with Crippen molar-refractivity contribution in [3.63, 3.8) is 0 Å². The van der Waals surface area contributed by atoms with Crippen LogP contribution in [0.15, 0.2) is 47.1 Å². The van der Waals surface area contributed by atoms with E-state index >= 15 is 0 Å². The lowest BCUT2D eigenvalue weighted by atomic mass is 10.0. The van der Waals surface area contributed by atoms with Crippen molar-refractivity contribution in [1.82, 2.24) is 15.5 Å². The number of hydrogen-bond donors (Lipinski definition) is 2. The average Bonchev–Trinajstić information content (AvgIpc) is 3.23. The fourth-order valence-corrected chi connectivity index (χ4v) is 4.06. The van der Waals surface area contributed by atoms with Crippen molar-refractivity contribution in [3.8, 4) is 5.75 Å². The first-order chi connectivity index (χ1) is 14.9. The van der Waals surface area contributed by atoms with Crippen molar-refractivity contribution >= 4 is 17.7 Å². The minimum absolute atomic E-state index is 0.00939. The Morgan fingerprint density at radius 1 is 1.23 bits per heavy atom. The monoisotopic (exact) mass is 425 g/mol. The Hall–Kier alpha value is -3.29. The Morgan fingerprint density at radius 3 is 2.87 bits per heavy atom. The number of carbonyl (C=O) groups excluding carboxylic acids is 3. The van der Waals surface area contributed by atoms with E-state index in [0.717, 1.165) is 18.6 Å². The number of hydrogen-bond acceptors (Lipinski definition) is 5. The summed E-state index contributed by atoms with van der Waals surface area (Å²) in [6, 6.07) is 10.8. The van der Waals surface area contributed by atoms with E-state index in [1.807, 2.05) is 25.1 Å². The molecule has 2 aliphatic rings. The molecule has 1 aromatic heterocycles. The molecule has 0 radical (unpaired) electrons. The first kappa shape index (κ1) is 21.0. The standard InChI is InChI=1S/C23H27N3O5/c1-16(8-9-17-5-4-14-30-17)24-20(27)15-26-13-12-23(11-10-21(26)28)25-22(29)18-6-2-3-7-19(18)31-23/h2-7,14,16H,8-13,15H2,1H3,(H,24,27)(H,25,29)/t16-,23+/m0/s1. The van der Waals surface area contributed by atoms with E-state index in [2.05, 4.69) is 10.6 Å². The van der Waals surface area contributed by atoms with Crippen LogP contribution in [0.2, 0.25) is 0 Å². The molecule has 0 saturated carbocycles. The van der Waals surface area contributed by atoms with Gasteiger partial charge in [0.05, 0.1) is 18.4 Å². The molecule has 0 unspecified atom stereocenters. The van der Waals surface area contributed by atoms with Crippen LogP contribution >= 0.6 is 0 Å². The highest BCUT2D eigenvalue weighted by molar-refractivity contribution is 5.98. The summed E-state index contributed by atoms with van der Waals surface area (Å²) in [7, 11) is 0. The smallest absolute Gasteiger partial charge is 0.258 e. The zero-order chi connectivity index (χ0) is 21.8. The van der Waals surface area contributed by atoms with Gasteiger partial charge >= 0.3 is 0 Å². The van der Waals surface area contributed by atoms with Crippen molar-refractivity contribution in [2.24, 2.45) is 0 Å². The second kappa shape index (κ2) is 8.83. The third-order valence-electron chi connectivity index (χ3n) is 5.81. The number of para-hydroxylation sites is 1. The zero-order valence-electron chi connectivity index (χ0n) is 17.6. The molecule has 31 heavy (non-hydrogen) atoms. The summed E-state index contributed by atoms with van der Waals surface area (Å²) < 4.78 is 11.4. The van der Waals surface area contributed by atoms with Gasteiger partial charge in [-0.05, 0) is 37.6 Å². The van der Waals surface area contributed by atoms with Crippen LogP contribution < -0.4 is 15.4 Å². The first-order valence-electron chi connectivity index (χ1n) is 10.6. The van der Waals surface area contributed by atoms with Gasteiger partial charge in [0, 0.05) is 38.3 Å². The number of aryl methyl sites for hydroxylation is 1. The molecule has 1 saturated heterocycles. The van der Waals surface area contributed by atoms with Crippen LogP contribution in [0, 0.1) is 0 Å². The summed E-state index contributed by atoms with van der Waals surface area (Å²) in [5.74, 6) is 0.883. The van der Waals surface area contributed by atoms with Gasteiger partial charge in [-0.25, -0.2) is 0 Å². The molecule has 8 heteroatoms. The van der Waals surface area contributed by atoms with Gasteiger partial charge in [0.25, 0.3) is 5.91 Å². The molecule has 164 valence electrons. The quantitative estimate of drug-likeness (QED) is 0.739. The summed E-state index contributed by atoms with van der Waals surface area (Å²) in [4.78, 5) is 39.2. The molecule has 3 amide bonds. The van der Waals surface area contributed by atoms with Gasteiger partial charge in [-0.1, -0.05) is 12.1 Å². The van der Waals surface area contributed by atoms with Crippen molar-refractivity contribution in [3.05, 3.63) is 54.0 Å². The molecule has 2 aromatic rings. The highest BCUT2D eigenvalue weighted by atomic mass is 16.5. The van der Waals surface area contributed by atoms with Crippen LogP contribution in [0.3, 0.4) is 0 Å². The third kappa shape index (κ3) is 4.90. The molecule has 1 spiro atoms. The van der Waals surface area contributed by atoms with Crippen molar-refractivity contribution in [2.75, 3.05) is 13.1 Å². The summed E-state index contributed by atoms with van der Waals surface area (Å²) in [6.45, 7) is 2.25. The molecule has 2 atom stereocenters. The lowest BCUT2D eigenvalue weighted by Gasteiger charge is -2.38. The topological polar surface area (TPSA) is 101 Å². The number of carbonyl (C=O) groups is 3. The molecule has 0 bridgehead atoms. The molecule has 1 aromatic carbocycles. The van der Waals surface area contributed by atoms with Crippen LogP contribution in [-0.2, 0) is 16.0 Å². The number of nitrogens with one attached hydrogen (secondary N) is 2. The van der Waals surface area contributed by atoms with Crippen LogP contribution in [0.1, 0.15) is 48.7 Å². The highest BCUT2D eigenvalue weighted by Gasteiger charge is 2.42. The Kier molecular flexibility index (Phi) is 5.97. The Bertz CT molecular complexity index is 958. The molecule has 4 rings (SSSR count). The van der Waals surface area contributed by atoms with Gasteiger partial charge in [0.1, 0.15) is 11.5 Å². The number of furan rings is 1. The van der Waals surface area contributed by atoms with E-state index < -0.39 is 5.72 Å². The molecular weight excluding hydrogens is 398 g/mol. The number of rotatable bonds is 6. The fourth-order valence-electron chi connectivity index (χ4n) is 4.06. The van der Waals surface area contributed by atoms with E-state index in [0.29, 0.717) is 30.7 Å². The largest absolute Gasteiger partial charge is 0.469 e. The molecule has 0 aliphatic carbocycles. The SMILES string of the molecule is C[C@@H](CCc1ccco1)NC(=O)CN1CC[C@]2(CCC1=O)NC(=O)c1ccccc1O2. The van der Waals surface area contributed by atoms with Crippen molar-refractivity contribution in [1.29, 1.82) is 0 Å². The van der Waals surface area contributed by atoms with Crippen molar-refractivity contribution in [2.45, 2.75) is 50.8 Å². The number of likely N-dealkylation sites (tertiary alicyclic amines) is 1. The maximum absolute atomic E-state index is 12.6. The zero-order valence-corrected chi connectivity index (χ0v) is 17.6. The second-order valence-corrected chi connectivity index (χ2v) is 8.20. The number of fused-ring (bicyclic) bond motifs is 1. The van der Waals surface area contributed by atoms with E-state index in [1.54, 1.807) is 29.4 Å². The Morgan fingerprint density at radius 2 is 2.06 bits per heavy atom. The molecular formula is C23H27N3O5. The van der Waals surface area contributed by atoms with Gasteiger partial charge in [0.2, 0.25) is 11.8 Å². The van der Waals surface area contributed by atoms with Crippen molar-refractivity contribution < 1.29 is 23.5 Å². The van der Waals surface area contributed by atoms with Gasteiger partial charge in [-0.15, -0.1) is 0 Å². The van der Waals surface area contributed by atoms with E-state index in [4.69, 9.17) is 9.15 Å². The summed E-state index contributed by atoms with van der Waals surface area (Å²) in [5, 5.41) is 5.88. The first-order valence-corrected chi connectivity index (χ1v) is 10.6. The third-order valence-corrected chi connectivity index (χ3v) is 5.81. The molecule has 8 nitrogen and oxygen atoms in total.